The summed E-state index contributed by atoms with van der Waals surface area (Å²) in [4.78, 5) is 0. The largest absolute Gasteiger partial charge is 0.416 e. The van der Waals surface area contributed by atoms with Crippen molar-refractivity contribution in [3.63, 3.8) is 0 Å². The van der Waals surface area contributed by atoms with E-state index < -0.39 is 17.2 Å². The molecule has 0 nitrogen and oxygen atoms in total. The first kappa shape index (κ1) is 12.4. The molecule has 1 aromatic carbocycles. The molecule has 1 rings (SSSR count). The van der Waals surface area contributed by atoms with Gasteiger partial charge in [-0.25, -0.2) is 0 Å². The first-order valence-electron chi connectivity index (χ1n) is 4.49. The van der Waals surface area contributed by atoms with Crippen LogP contribution in [0.3, 0.4) is 0 Å². The molecule has 0 aliphatic carbocycles. The van der Waals surface area contributed by atoms with Gasteiger partial charge >= 0.3 is 6.18 Å². The second-order valence-corrected chi connectivity index (χ2v) is 4.87. The Bertz CT molecular complexity index is 361. The van der Waals surface area contributed by atoms with Crippen LogP contribution in [0.25, 0.3) is 0 Å². The fourth-order valence-electron chi connectivity index (χ4n) is 1.38. The van der Waals surface area contributed by atoms with Crippen LogP contribution in [0.2, 0.25) is 5.02 Å². The van der Waals surface area contributed by atoms with E-state index in [1.165, 1.54) is 12.1 Å². The van der Waals surface area contributed by atoms with Crippen molar-refractivity contribution in [2.45, 2.75) is 32.4 Å². The maximum absolute atomic E-state index is 12.7. The van der Waals surface area contributed by atoms with Crippen molar-refractivity contribution >= 4 is 11.6 Å². The second-order valence-electron chi connectivity index (χ2n) is 4.44. The number of benzene rings is 1. The molecule has 0 spiro atoms. The average molecular weight is 237 g/mol. The summed E-state index contributed by atoms with van der Waals surface area (Å²) in [6.45, 7) is 5.19. The van der Waals surface area contributed by atoms with Crippen LogP contribution in [-0.2, 0) is 11.6 Å². The van der Waals surface area contributed by atoms with Crippen molar-refractivity contribution in [3.05, 3.63) is 34.3 Å². The lowest BCUT2D eigenvalue weighted by Gasteiger charge is -2.24. The number of rotatable bonds is 0. The minimum absolute atomic E-state index is 0.225. The summed E-state index contributed by atoms with van der Waals surface area (Å²) in [5.74, 6) is 0. The van der Waals surface area contributed by atoms with Gasteiger partial charge in [0, 0.05) is 5.02 Å². The Morgan fingerprint density at radius 1 is 1.00 bits per heavy atom. The van der Waals surface area contributed by atoms with Gasteiger partial charge in [-0.15, -0.1) is 0 Å². The number of halogens is 4. The fraction of sp³-hybridized carbons (Fsp3) is 0.455. The molecule has 1 aromatic rings. The highest BCUT2D eigenvalue weighted by atomic mass is 35.5. The van der Waals surface area contributed by atoms with Gasteiger partial charge in [0.15, 0.2) is 0 Å². The first-order chi connectivity index (χ1) is 6.62. The van der Waals surface area contributed by atoms with Gasteiger partial charge in [0.25, 0.3) is 0 Å². The zero-order valence-corrected chi connectivity index (χ0v) is 9.50. The lowest BCUT2D eigenvalue weighted by molar-refractivity contribution is -0.138. The van der Waals surface area contributed by atoms with Gasteiger partial charge < -0.3 is 0 Å². The van der Waals surface area contributed by atoms with Crippen molar-refractivity contribution in [2.24, 2.45) is 0 Å². The lowest BCUT2D eigenvalue weighted by Crippen LogP contribution is -2.19. The summed E-state index contributed by atoms with van der Waals surface area (Å²) in [6, 6.07) is 3.67. The van der Waals surface area contributed by atoms with Gasteiger partial charge in [-0.2, -0.15) is 13.2 Å². The molecule has 15 heavy (non-hydrogen) atoms. The van der Waals surface area contributed by atoms with E-state index in [-0.39, 0.29) is 5.56 Å². The predicted octanol–water partition coefficient (Wildman–Crippen LogP) is 4.66. The van der Waals surface area contributed by atoms with Crippen LogP contribution in [-0.4, -0.2) is 0 Å². The van der Waals surface area contributed by atoms with Crippen molar-refractivity contribution in [1.29, 1.82) is 0 Å². The summed E-state index contributed by atoms with van der Waals surface area (Å²) < 4.78 is 38.0. The third-order valence-electron chi connectivity index (χ3n) is 2.10. The minimum Gasteiger partial charge on any atom is -0.166 e. The van der Waals surface area contributed by atoms with Crippen LogP contribution in [0, 0.1) is 0 Å². The third kappa shape index (κ3) is 2.88. The zero-order chi connectivity index (χ0) is 11.9. The van der Waals surface area contributed by atoms with E-state index in [1.807, 2.05) is 0 Å². The molecular weight excluding hydrogens is 225 g/mol. The average Bonchev–Trinajstić information content (AvgIpc) is 2.00. The molecule has 84 valence electrons. The van der Waals surface area contributed by atoms with Crippen LogP contribution in [0.15, 0.2) is 18.2 Å². The molecule has 0 aliphatic rings. The van der Waals surface area contributed by atoms with Gasteiger partial charge in [0.05, 0.1) is 5.56 Å². The predicted molar refractivity (Wildman–Crippen MR) is 55.2 cm³/mol. The van der Waals surface area contributed by atoms with Crippen molar-refractivity contribution in [1.82, 2.24) is 0 Å². The minimum atomic E-state index is -4.33. The third-order valence-corrected chi connectivity index (χ3v) is 2.33. The quantitative estimate of drug-likeness (QED) is 0.615. The maximum atomic E-state index is 12.7. The van der Waals surface area contributed by atoms with E-state index in [9.17, 15) is 13.2 Å². The Hall–Kier alpha value is -0.700. The van der Waals surface area contributed by atoms with E-state index in [4.69, 9.17) is 11.6 Å². The molecule has 0 aliphatic heterocycles. The van der Waals surface area contributed by atoms with Crippen LogP contribution >= 0.6 is 11.6 Å². The molecule has 4 heteroatoms. The van der Waals surface area contributed by atoms with Gasteiger partial charge in [0.1, 0.15) is 0 Å². The molecule has 0 heterocycles. The molecular formula is C11H12ClF3. The van der Waals surface area contributed by atoms with E-state index >= 15 is 0 Å². The standard InChI is InChI=1S/C11H12ClF3/c1-10(2,3)9-6-7(12)4-5-8(9)11(13,14)15/h4-6H,1-3H3. The number of alkyl halides is 3. The molecule has 0 bridgehead atoms. The number of hydrogen-bond acceptors (Lipinski definition) is 0. The van der Waals surface area contributed by atoms with Crippen LogP contribution < -0.4 is 0 Å². The van der Waals surface area contributed by atoms with Crippen molar-refractivity contribution < 1.29 is 13.2 Å². The van der Waals surface area contributed by atoms with Crippen molar-refractivity contribution in [2.75, 3.05) is 0 Å². The summed E-state index contributed by atoms with van der Waals surface area (Å²) >= 11 is 5.71. The monoisotopic (exact) mass is 236 g/mol. The summed E-state index contributed by atoms with van der Waals surface area (Å²) in [5, 5.41) is 0.327. The zero-order valence-electron chi connectivity index (χ0n) is 8.74. The van der Waals surface area contributed by atoms with Gasteiger partial charge in [-0.3, -0.25) is 0 Å². The van der Waals surface area contributed by atoms with Gasteiger partial charge in [-0.1, -0.05) is 32.4 Å². The summed E-state index contributed by atoms with van der Waals surface area (Å²) in [7, 11) is 0. The van der Waals surface area contributed by atoms with Crippen LogP contribution in [0.5, 0.6) is 0 Å². The summed E-state index contributed by atoms with van der Waals surface area (Å²) in [5.41, 5.74) is -0.961. The first-order valence-corrected chi connectivity index (χ1v) is 4.87. The van der Waals surface area contributed by atoms with Gasteiger partial charge in [0.2, 0.25) is 0 Å². The number of hydrogen-bond donors (Lipinski definition) is 0. The lowest BCUT2D eigenvalue weighted by atomic mass is 9.83. The van der Waals surface area contributed by atoms with E-state index in [0.717, 1.165) is 6.07 Å². The Labute approximate surface area is 92.1 Å². The Morgan fingerprint density at radius 3 is 1.93 bits per heavy atom. The molecule has 0 unspecified atom stereocenters. The highest BCUT2D eigenvalue weighted by molar-refractivity contribution is 6.30. The Kier molecular flexibility index (Phi) is 3.06. The topological polar surface area (TPSA) is 0 Å². The van der Waals surface area contributed by atoms with Crippen LogP contribution in [0.1, 0.15) is 31.9 Å². The SMILES string of the molecule is CC(C)(C)c1cc(Cl)ccc1C(F)(F)F. The molecule has 0 saturated heterocycles. The molecule has 0 atom stereocenters. The molecule has 0 aromatic heterocycles. The summed E-state index contributed by atoms with van der Waals surface area (Å²) in [6.07, 6.45) is -4.33. The van der Waals surface area contributed by atoms with E-state index in [0.29, 0.717) is 5.02 Å². The normalized spacial score (nSPS) is 13.0. The smallest absolute Gasteiger partial charge is 0.166 e. The van der Waals surface area contributed by atoms with Crippen LogP contribution in [0.4, 0.5) is 13.2 Å². The molecule has 0 saturated carbocycles. The highest BCUT2D eigenvalue weighted by Gasteiger charge is 2.36. The Morgan fingerprint density at radius 2 is 1.53 bits per heavy atom. The van der Waals surface area contributed by atoms with E-state index in [1.54, 1.807) is 20.8 Å². The second kappa shape index (κ2) is 3.71. The van der Waals surface area contributed by atoms with Crippen molar-refractivity contribution in [3.8, 4) is 0 Å². The molecule has 0 amide bonds. The fourth-order valence-corrected chi connectivity index (χ4v) is 1.56. The molecule has 0 N–H and O–H groups in total. The molecule has 0 radical (unpaired) electrons. The van der Waals surface area contributed by atoms with E-state index in [2.05, 4.69) is 0 Å². The maximum Gasteiger partial charge on any atom is 0.416 e. The van der Waals surface area contributed by atoms with Gasteiger partial charge in [-0.05, 0) is 29.2 Å². The highest BCUT2D eigenvalue weighted by Crippen LogP contribution is 2.38. The molecule has 0 fully saturated rings. The Balaban J connectivity index is 3.41.